The molecule has 1 fully saturated rings. The fourth-order valence-electron chi connectivity index (χ4n) is 1.22. The van der Waals surface area contributed by atoms with E-state index in [0.29, 0.717) is 0 Å². The van der Waals surface area contributed by atoms with Gasteiger partial charge in [0.05, 0.1) is 0 Å². The highest BCUT2D eigenvalue weighted by Crippen LogP contribution is 2.30. The minimum atomic E-state index is 0.155. The summed E-state index contributed by atoms with van der Waals surface area (Å²) in [6.07, 6.45) is 2.09. The van der Waals surface area contributed by atoms with Gasteiger partial charge in [0.25, 0.3) is 0 Å². The molecule has 0 atom stereocenters. The van der Waals surface area contributed by atoms with E-state index in [0.717, 1.165) is 24.1 Å². The molecule has 1 aromatic rings. The average Bonchev–Trinajstić information content (AvgIpc) is 2.91. The Kier molecular flexibility index (Phi) is 2.05. The predicted octanol–water partition coefficient (Wildman–Crippen LogP) is 2.14. The summed E-state index contributed by atoms with van der Waals surface area (Å²) >= 11 is 0. The quantitative estimate of drug-likeness (QED) is 0.731. The Morgan fingerprint density at radius 3 is 3.00 bits per heavy atom. The van der Waals surface area contributed by atoms with Crippen molar-refractivity contribution in [3.8, 4) is 0 Å². The lowest BCUT2D eigenvalue weighted by molar-refractivity contribution is -0.117. The van der Waals surface area contributed by atoms with Gasteiger partial charge in [-0.25, -0.2) is 0 Å². The van der Waals surface area contributed by atoms with Crippen LogP contribution in [0.2, 0.25) is 0 Å². The molecule has 1 amide bonds. The van der Waals surface area contributed by atoms with Crippen LogP contribution in [0.1, 0.15) is 18.4 Å². The van der Waals surface area contributed by atoms with E-state index >= 15 is 0 Å². The van der Waals surface area contributed by atoms with Crippen molar-refractivity contribution >= 4 is 11.6 Å². The molecule has 0 heterocycles. The van der Waals surface area contributed by atoms with Crippen LogP contribution in [-0.4, -0.2) is 5.91 Å². The molecule has 13 heavy (non-hydrogen) atoms. The Morgan fingerprint density at radius 2 is 2.38 bits per heavy atom. The number of hydrogen-bond donors (Lipinski definition) is 1. The van der Waals surface area contributed by atoms with Crippen LogP contribution in [0, 0.1) is 18.9 Å². The van der Waals surface area contributed by atoms with Crippen LogP contribution in [0.5, 0.6) is 0 Å². The fourth-order valence-corrected chi connectivity index (χ4v) is 1.22. The Morgan fingerprint density at radius 1 is 1.62 bits per heavy atom. The first-order valence-corrected chi connectivity index (χ1v) is 4.55. The molecule has 0 unspecified atom stereocenters. The molecular weight excluding hydrogens is 162 g/mol. The number of anilines is 1. The second kappa shape index (κ2) is 3.21. The van der Waals surface area contributed by atoms with E-state index in [2.05, 4.69) is 11.4 Å². The Bertz CT molecular complexity index is 329. The fraction of sp³-hybridized carbons (Fsp3) is 0.364. The van der Waals surface area contributed by atoms with Gasteiger partial charge in [0.15, 0.2) is 0 Å². The molecular formula is C11H12NO. The number of hydrogen-bond acceptors (Lipinski definition) is 1. The number of nitrogens with one attached hydrogen (secondary N) is 1. The molecule has 2 rings (SSSR count). The van der Waals surface area contributed by atoms with Crippen LogP contribution in [-0.2, 0) is 4.79 Å². The largest absolute Gasteiger partial charge is 0.326 e. The van der Waals surface area contributed by atoms with E-state index in [4.69, 9.17) is 0 Å². The second-order valence-corrected chi connectivity index (χ2v) is 3.50. The second-order valence-electron chi connectivity index (χ2n) is 3.50. The maximum absolute atomic E-state index is 11.4. The van der Waals surface area contributed by atoms with Crippen molar-refractivity contribution in [2.24, 2.45) is 5.92 Å². The van der Waals surface area contributed by atoms with Gasteiger partial charge in [0.1, 0.15) is 0 Å². The molecule has 1 radical (unpaired) electrons. The van der Waals surface area contributed by atoms with Crippen molar-refractivity contribution in [3.05, 3.63) is 29.8 Å². The molecule has 0 spiro atoms. The van der Waals surface area contributed by atoms with Crippen molar-refractivity contribution in [1.82, 2.24) is 0 Å². The number of amides is 1. The monoisotopic (exact) mass is 174 g/mol. The predicted molar refractivity (Wildman–Crippen MR) is 51.4 cm³/mol. The van der Waals surface area contributed by atoms with Crippen LogP contribution < -0.4 is 5.32 Å². The van der Waals surface area contributed by atoms with Crippen LogP contribution in [0.3, 0.4) is 0 Å². The van der Waals surface area contributed by atoms with Gasteiger partial charge in [-0.15, -0.1) is 0 Å². The molecule has 0 aromatic heterocycles. The first-order valence-electron chi connectivity index (χ1n) is 4.55. The van der Waals surface area contributed by atoms with Gasteiger partial charge < -0.3 is 5.32 Å². The van der Waals surface area contributed by atoms with E-state index in [1.165, 1.54) is 0 Å². The summed E-state index contributed by atoms with van der Waals surface area (Å²) in [6.45, 7) is 1.98. The highest BCUT2D eigenvalue weighted by atomic mass is 16.2. The zero-order valence-corrected chi connectivity index (χ0v) is 7.63. The van der Waals surface area contributed by atoms with E-state index in [9.17, 15) is 4.79 Å². The third-order valence-corrected chi connectivity index (χ3v) is 2.29. The summed E-state index contributed by atoms with van der Waals surface area (Å²) in [5.74, 6) is 0.419. The summed E-state index contributed by atoms with van der Waals surface area (Å²) in [6, 6.07) is 8.56. The van der Waals surface area contributed by atoms with Crippen molar-refractivity contribution < 1.29 is 4.79 Å². The van der Waals surface area contributed by atoms with Gasteiger partial charge in [-0.2, -0.15) is 0 Å². The van der Waals surface area contributed by atoms with Gasteiger partial charge in [0.2, 0.25) is 5.91 Å². The van der Waals surface area contributed by atoms with Crippen LogP contribution in [0.15, 0.2) is 18.2 Å². The molecule has 1 aromatic carbocycles. The molecule has 1 saturated carbocycles. The topological polar surface area (TPSA) is 29.1 Å². The number of carbonyl (C=O) groups is 1. The van der Waals surface area contributed by atoms with Crippen LogP contribution in [0.25, 0.3) is 0 Å². The Hall–Kier alpha value is -1.31. The number of rotatable bonds is 2. The van der Waals surface area contributed by atoms with E-state index in [1.807, 2.05) is 25.1 Å². The van der Waals surface area contributed by atoms with Gasteiger partial charge in [0, 0.05) is 11.6 Å². The van der Waals surface area contributed by atoms with Crippen molar-refractivity contribution in [1.29, 1.82) is 0 Å². The summed E-state index contributed by atoms with van der Waals surface area (Å²) in [7, 11) is 0. The first kappa shape index (κ1) is 8.30. The van der Waals surface area contributed by atoms with Gasteiger partial charge >= 0.3 is 0 Å². The normalized spacial score (nSPS) is 15.5. The highest BCUT2D eigenvalue weighted by Gasteiger charge is 2.29. The summed E-state index contributed by atoms with van der Waals surface area (Å²) in [5.41, 5.74) is 1.98. The Balaban J connectivity index is 2.08. The summed E-state index contributed by atoms with van der Waals surface area (Å²) < 4.78 is 0. The maximum atomic E-state index is 11.4. The molecule has 2 nitrogen and oxygen atoms in total. The van der Waals surface area contributed by atoms with E-state index in [1.54, 1.807) is 0 Å². The smallest absolute Gasteiger partial charge is 0.227 e. The van der Waals surface area contributed by atoms with E-state index < -0.39 is 0 Å². The van der Waals surface area contributed by atoms with Crippen molar-refractivity contribution in [2.75, 3.05) is 5.32 Å². The standard InChI is InChI=1S/C11H12NO/c1-8-4-2-3-5-10(8)12-11(13)9-6-7-9/h2,4-5,9H,6-7H2,1H3,(H,12,13). The van der Waals surface area contributed by atoms with Gasteiger partial charge in [-0.1, -0.05) is 12.1 Å². The average molecular weight is 174 g/mol. The molecule has 1 aliphatic carbocycles. The summed E-state index contributed by atoms with van der Waals surface area (Å²) in [4.78, 5) is 11.4. The zero-order chi connectivity index (χ0) is 9.26. The molecule has 0 aliphatic heterocycles. The highest BCUT2D eigenvalue weighted by molar-refractivity contribution is 5.94. The number of carbonyl (C=O) groups excluding carboxylic acids is 1. The van der Waals surface area contributed by atoms with Gasteiger partial charge in [-0.3, -0.25) is 4.79 Å². The molecule has 2 heteroatoms. The Labute approximate surface area is 78.0 Å². The third kappa shape index (κ3) is 1.89. The maximum Gasteiger partial charge on any atom is 0.227 e. The zero-order valence-electron chi connectivity index (χ0n) is 7.63. The summed E-state index contributed by atoms with van der Waals surface area (Å²) in [5, 5.41) is 2.90. The number of benzene rings is 1. The van der Waals surface area contributed by atoms with Crippen LogP contribution in [0.4, 0.5) is 5.69 Å². The van der Waals surface area contributed by atoms with Gasteiger partial charge in [-0.05, 0) is 37.5 Å². The van der Waals surface area contributed by atoms with Crippen molar-refractivity contribution in [2.45, 2.75) is 19.8 Å². The lowest BCUT2D eigenvalue weighted by atomic mass is 10.2. The minimum absolute atomic E-state index is 0.155. The van der Waals surface area contributed by atoms with E-state index in [-0.39, 0.29) is 11.8 Å². The first-order chi connectivity index (χ1) is 6.27. The van der Waals surface area contributed by atoms with Crippen molar-refractivity contribution in [3.63, 3.8) is 0 Å². The lowest BCUT2D eigenvalue weighted by Gasteiger charge is -2.06. The molecule has 0 saturated heterocycles. The molecule has 67 valence electrons. The molecule has 1 N–H and O–H groups in total. The molecule has 1 aliphatic rings. The van der Waals surface area contributed by atoms with Crippen LogP contribution >= 0.6 is 0 Å². The minimum Gasteiger partial charge on any atom is -0.326 e. The lowest BCUT2D eigenvalue weighted by Crippen LogP contribution is -2.13. The SMILES string of the molecule is Cc1cc[c]cc1NC(=O)C1CC1. The molecule has 0 bridgehead atoms. The third-order valence-electron chi connectivity index (χ3n) is 2.29. The number of aryl methyl sites for hydroxylation is 1.